The Kier molecular flexibility index (Phi) is 4.64. The van der Waals surface area contributed by atoms with Gasteiger partial charge in [-0.1, -0.05) is 13.8 Å². The van der Waals surface area contributed by atoms with Crippen molar-refractivity contribution in [1.29, 1.82) is 0 Å². The molecule has 0 aromatic heterocycles. The Balaban J connectivity index is 4.00. The van der Waals surface area contributed by atoms with Crippen LogP contribution in [0.25, 0.3) is 0 Å². The first-order valence-electron chi connectivity index (χ1n) is 3.45. The summed E-state index contributed by atoms with van der Waals surface area (Å²) in [6.07, 6.45) is 1.80. The molecule has 0 saturated heterocycles. The predicted octanol–water partition coefficient (Wildman–Crippen LogP) is 1.92. The van der Waals surface area contributed by atoms with Crippen LogP contribution in [0.3, 0.4) is 0 Å². The van der Waals surface area contributed by atoms with Gasteiger partial charge < -0.3 is 5.73 Å². The summed E-state index contributed by atoms with van der Waals surface area (Å²) in [5.41, 5.74) is 5.50. The van der Waals surface area contributed by atoms with Crippen LogP contribution in [-0.4, -0.2) is 11.3 Å². The maximum Gasteiger partial charge on any atom is 0.0529 e. The number of nitrogens with two attached hydrogens (primary N) is 1. The molecule has 0 saturated carbocycles. The van der Waals surface area contributed by atoms with E-state index in [0.717, 1.165) is 24.8 Å². The second kappa shape index (κ2) is 4.68. The number of hydrogen-bond donors (Lipinski definition) is 1. The summed E-state index contributed by atoms with van der Waals surface area (Å²) < 4.78 is 2.70. The number of nitrogens with zero attached hydrogens (tertiary/aromatic N) is 1. The van der Waals surface area contributed by atoms with Crippen molar-refractivity contribution in [3.05, 3.63) is 4.91 Å². The van der Waals surface area contributed by atoms with E-state index in [9.17, 15) is 4.91 Å². The normalized spacial score (nSPS) is 11.5. The third-order valence-corrected chi connectivity index (χ3v) is 3.10. The van der Waals surface area contributed by atoms with Gasteiger partial charge in [0.2, 0.25) is 0 Å². The fraction of sp³-hybridized carbons (Fsp3) is 1.00. The molecule has 0 bridgehead atoms. The lowest BCUT2D eigenvalue weighted by Crippen LogP contribution is -2.32. The van der Waals surface area contributed by atoms with Gasteiger partial charge in [0, 0.05) is 23.1 Å². The van der Waals surface area contributed by atoms with Crippen LogP contribution in [0.5, 0.6) is 0 Å². The van der Waals surface area contributed by atoms with Crippen LogP contribution in [0, 0.1) is 4.91 Å². The lowest BCUT2D eigenvalue weighted by Gasteiger charge is -2.24. The largest absolute Gasteiger partial charge is 0.329 e. The predicted molar refractivity (Wildman–Crippen MR) is 45.8 cm³/mol. The Labute approximate surface area is 65.9 Å². The zero-order valence-electron chi connectivity index (χ0n) is 6.46. The van der Waals surface area contributed by atoms with Crippen molar-refractivity contribution in [2.24, 2.45) is 10.3 Å². The Morgan fingerprint density at radius 2 is 2.00 bits per heavy atom. The smallest absolute Gasteiger partial charge is 0.0529 e. The first kappa shape index (κ1) is 9.91. The molecule has 0 amide bonds. The third kappa shape index (κ3) is 2.27. The Bertz CT molecular complexity index is 95.7. The molecule has 2 N–H and O–H groups in total. The van der Waals surface area contributed by atoms with Crippen LogP contribution < -0.4 is 5.73 Å². The lowest BCUT2D eigenvalue weighted by atomic mass is 10.0. The molecule has 4 heteroatoms. The zero-order valence-corrected chi connectivity index (χ0v) is 7.28. The summed E-state index contributed by atoms with van der Waals surface area (Å²) in [5.74, 6) is 0. The molecule has 0 heterocycles. The summed E-state index contributed by atoms with van der Waals surface area (Å²) in [4.78, 5) is 9.95. The van der Waals surface area contributed by atoms with E-state index in [0.29, 0.717) is 6.54 Å². The third-order valence-electron chi connectivity index (χ3n) is 1.89. The van der Waals surface area contributed by atoms with Gasteiger partial charge in [-0.2, -0.15) is 0 Å². The topological polar surface area (TPSA) is 55.4 Å². The number of hydrogen-bond acceptors (Lipinski definition) is 4. The van der Waals surface area contributed by atoms with E-state index < -0.39 is 0 Å². The lowest BCUT2D eigenvalue weighted by molar-refractivity contribution is 0.558. The van der Waals surface area contributed by atoms with Crippen LogP contribution in [0.2, 0.25) is 0 Å². The monoisotopic (exact) mass is 162 g/mol. The van der Waals surface area contributed by atoms with Crippen molar-refractivity contribution in [2.45, 2.75) is 31.4 Å². The van der Waals surface area contributed by atoms with E-state index in [1.807, 2.05) is 13.8 Å². The summed E-state index contributed by atoms with van der Waals surface area (Å²) >= 11 is 1.07. The van der Waals surface area contributed by atoms with Gasteiger partial charge in [0.15, 0.2) is 0 Å². The minimum absolute atomic E-state index is 0.109. The number of nitroso groups, excluding NO2 is 1. The van der Waals surface area contributed by atoms with E-state index in [-0.39, 0.29) is 4.75 Å². The van der Waals surface area contributed by atoms with Crippen molar-refractivity contribution in [1.82, 2.24) is 0 Å². The Morgan fingerprint density at radius 1 is 1.50 bits per heavy atom. The van der Waals surface area contributed by atoms with Gasteiger partial charge in [-0.3, -0.25) is 0 Å². The molecule has 60 valence electrons. The first-order valence-corrected chi connectivity index (χ1v) is 4.23. The minimum atomic E-state index is -0.109. The Hall–Kier alpha value is -0.0900. The van der Waals surface area contributed by atoms with E-state index in [1.165, 1.54) is 0 Å². The highest BCUT2D eigenvalue weighted by atomic mass is 32.2. The molecule has 0 aliphatic carbocycles. The zero-order chi connectivity index (χ0) is 8.04. The fourth-order valence-electron chi connectivity index (χ4n) is 0.784. The highest BCUT2D eigenvalue weighted by Crippen LogP contribution is 2.31. The van der Waals surface area contributed by atoms with Crippen molar-refractivity contribution < 1.29 is 0 Å². The average Bonchev–Trinajstić information content (AvgIpc) is 2.01. The molecule has 0 aromatic carbocycles. The molecule has 0 aromatic rings. The van der Waals surface area contributed by atoms with Gasteiger partial charge in [0.25, 0.3) is 0 Å². The second-order valence-electron chi connectivity index (χ2n) is 2.26. The SMILES string of the molecule is CCC(CC)(CN)SN=O. The van der Waals surface area contributed by atoms with Crippen LogP contribution in [0.15, 0.2) is 4.58 Å². The summed E-state index contributed by atoms with van der Waals surface area (Å²) in [5, 5.41) is 0. The molecule has 0 atom stereocenters. The average molecular weight is 162 g/mol. The molecular weight excluding hydrogens is 148 g/mol. The summed E-state index contributed by atoms with van der Waals surface area (Å²) in [6.45, 7) is 4.57. The van der Waals surface area contributed by atoms with Crippen LogP contribution in [-0.2, 0) is 0 Å². The molecule has 0 fully saturated rings. The summed E-state index contributed by atoms with van der Waals surface area (Å²) in [7, 11) is 0. The van der Waals surface area contributed by atoms with Crippen LogP contribution in [0.4, 0.5) is 0 Å². The highest BCUT2D eigenvalue weighted by Gasteiger charge is 2.25. The highest BCUT2D eigenvalue weighted by molar-refractivity contribution is 7.99. The molecule has 3 nitrogen and oxygen atoms in total. The quantitative estimate of drug-likeness (QED) is 0.496. The van der Waals surface area contributed by atoms with Crippen molar-refractivity contribution >= 4 is 11.9 Å². The van der Waals surface area contributed by atoms with Gasteiger partial charge in [-0.05, 0) is 12.8 Å². The minimum Gasteiger partial charge on any atom is -0.329 e. The molecule has 0 rings (SSSR count). The number of rotatable bonds is 5. The van der Waals surface area contributed by atoms with Gasteiger partial charge in [-0.25, -0.2) is 0 Å². The molecule has 10 heavy (non-hydrogen) atoms. The van der Waals surface area contributed by atoms with E-state index >= 15 is 0 Å². The standard InChI is InChI=1S/C6H14N2OS/c1-3-6(4-2,5-7)10-8-9/h3-5,7H2,1-2H3. The van der Waals surface area contributed by atoms with Crippen molar-refractivity contribution in [3.63, 3.8) is 0 Å². The molecule has 0 unspecified atom stereocenters. The van der Waals surface area contributed by atoms with E-state index in [4.69, 9.17) is 5.73 Å². The fourth-order valence-corrected chi connectivity index (χ4v) is 1.27. The molecule has 0 spiro atoms. The van der Waals surface area contributed by atoms with Gasteiger partial charge in [0.1, 0.15) is 0 Å². The summed E-state index contributed by atoms with van der Waals surface area (Å²) in [6, 6.07) is 0. The van der Waals surface area contributed by atoms with E-state index in [1.54, 1.807) is 0 Å². The van der Waals surface area contributed by atoms with Gasteiger partial charge in [-0.15, -0.1) is 4.91 Å². The first-order chi connectivity index (χ1) is 4.74. The second-order valence-corrected chi connectivity index (χ2v) is 3.46. The maximum absolute atomic E-state index is 9.95. The molecule has 0 aliphatic rings. The van der Waals surface area contributed by atoms with Crippen LogP contribution >= 0.6 is 11.9 Å². The van der Waals surface area contributed by atoms with Crippen molar-refractivity contribution in [3.8, 4) is 0 Å². The molecular formula is C6H14N2OS. The van der Waals surface area contributed by atoms with Gasteiger partial charge >= 0.3 is 0 Å². The Morgan fingerprint density at radius 3 is 2.10 bits per heavy atom. The van der Waals surface area contributed by atoms with Crippen LogP contribution in [0.1, 0.15) is 26.7 Å². The maximum atomic E-state index is 9.95. The molecule has 0 radical (unpaired) electrons. The van der Waals surface area contributed by atoms with E-state index in [2.05, 4.69) is 4.58 Å². The van der Waals surface area contributed by atoms with Gasteiger partial charge in [0.05, 0.1) is 4.75 Å². The van der Waals surface area contributed by atoms with Crippen molar-refractivity contribution in [2.75, 3.05) is 6.54 Å². The molecule has 0 aliphatic heterocycles.